The maximum Gasteiger partial charge on any atom is 0.0717 e. The summed E-state index contributed by atoms with van der Waals surface area (Å²) in [5.41, 5.74) is 17.1. The van der Waals surface area contributed by atoms with Crippen LogP contribution in [0.1, 0.15) is 46.2 Å². The quantitative estimate of drug-likeness (QED) is 0.227. The van der Waals surface area contributed by atoms with Crippen LogP contribution < -0.4 is 4.90 Å². The Balaban J connectivity index is 1.55. The van der Waals surface area contributed by atoms with Gasteiger partial charge in [-0.3, -0.25) is 0 Å². The van der Waals surface area contributed by atoms with Crippen LogP contribution in [0.5, 0.6) is 0 Å². The molecule has 0 fully saturated rings. The normalized spacial score (nSPS) is 18.4. The Hall–Kier alpha value is -4.62. The summed E-state index contributed by atoms with van der Waals surface area (Å²) in [5.74, 6) is 0. The van der Waals surface area contributed by atoms with E-state index >= 15 is 0 Å². The van der Waals surface area contributed by atoms with Crippen LogP contribution in [0.15, 0.2) is 133 Å². The van der Waals surface area contributed by atoms with Gasteiger partial charge in [-0.2, -0.15) is 0 Å². The van der Waals surface area contributed by atoms with Crippen molar-refractivity contribution in [3.05, 3.63) is 166 Å². The lowest BCUT2D eigenvalue weighted by Crippen LogP contribution is -2.37. The molecule has 2 aliphatic carbocycles. The number of hydrogen-bond donors (Lipinski definition) is 0. The summed E-state index contributed by atoms with van der Waals surface area (Å²) >= 11 is 0. The number of nitrogens with zero attached hydrogens (tertiary/aromatic N) is 1. The number of rotatable bonds is 2. The maximum atomic E-state index is 2.53. The Morgan fingerprint density at radius 1 is 0.575 bits per heavy atom. The molecule has 0 amide bonds. The Morgan fingerprint density at radius 3 is 2.10 bits per heavy atom. The predicted molar refractivity (Wildman–Crippen MR) is 168 cm³/mol. The van der Waals surface area contributed by atoms with Gasteiger partial charge in [0.2, 0.25) is 0 Å². The summed E-state index contributed by atoms with van der Waals surface area (Å²) in [6.07, 6.45) is 6.88. The van der Waals surface area contributed by atoms with Gasteiger partial charge in [0.25, 0.3) is 0 Å². The van der Waals surface area contributed by atoms with Crippen LogP contribution in [-0.2, 0) is 5.41 Å². The first kappa shape index (κ1) is 23.3. The third-order valence-electron chi connectivity index (χ3n) is 9.23. The molecule has 5 aromatic carbocycles. The van der Waals surface area contributed by atoms with E-state index in [1.807, 2.05) is 0 Å². The van der Waals surface area contributed by atoms with Crippen LogP contribution in [0.25, 0.3) is 16.7 Å². The van der Waals surface area contributed by atoms with Crippen molar-refractivity contribution >= 4 is 22.6 Å². The highest BCUT2D eigenvalue weighted by molar-refractivity contribution is 5.98. The van der Waals surface area contributed by atoms with Crippen molar-refractivity contribution in [2.75, 3.05) is 4.90 Å². The maximum absolute atomic E-state index is 2.53. The molecule has 0 saturated heterocycles. The third-order valence-corrected chi connectivity index (χ3v) is 9.23. The number of anilines is 3. The van der Waals surface area contributed by atoms with Gasteiger partial charge in [-0.15, -0.1) is 0 Å². The second kappa shape index (κ2) is 8.69. The Labute approximate surface area is 236 Å². The molecule has 1 atom stereocenters. The molecule has 0 bridgehead atoms. The van der Waals surface area contributed by atoms with Gasteiger partial charge in [-0.05, 0) is 113 Å². The molecule has 3 aliphatic rings. The molecule has 192 valence electrons. The highest BCUT2D eigenvalue weighted by atomic mass is 15.2. The average molecular weight is 514 g/mol. The number of allylic oxidation sites excluding steroid dienone is 4. The molecule has 8 rings (SSSR count). The molecule has 0 saturated carbocycles. The monoisotopic (exact) mass is 513 g/mol. The summed E-state index contributed by atoms with van der Waals surface area (Å²) in [4.78, 5) is 2.49. The molecular weight excluding hydrogens is 482 g/mol. The standard InChI is InChI=1S/C39H31N/c1-26-14-6-7-17-29(26)32-25-36-38(24-27(32)2)40(28-15-4-3-5-16-28)37-23-13-12-22-35(37)39(36)33-20-10-8-18-30(33)31-19-9-11-21-34(31)39/h3-10,12-20,22-25H,11,21H2,1-2H3. The van der Waals surface area contributed by atoms with E-state index in [2.05, 4.69) is 146 Å². The van der Waals surface area contributed by atoms with E-state index < -0.39 is 0 Å². The first-order valence-corrected chi connectivity index (χ1v) is 14.4. The number of hydrogen-bond acceptors (Lipinski definition) is 1. The largest absolute Gasteiger partial charge is 0.310 e. The Kier molecular flexibility index (Phi) is 5.06. The van der Waals surface area contributed by atoms with E-state index in [1.165, 1.54) is 72.7 Å². The first-order chi connectivity index (χ1) is 19.7. The van der Waals surface area contributed by atoms with Crippen molar-refractivity contribution in [2.45, 2.75) is 32.1 Å². The molecule has 1 aliphatic heterocycles. The van der Waals surface area contributed by atoms with Gasteiger partial charge in [0.05, 0.1) is 16.8 Å². The van der Waals surface area contributed by atoms with Crippen LogP contribution in [0.2, 0.25) is 0 Å². The number of para-hydroxylation sites is 2. The molecule has 0 aromatic heterocycles. The van der Waals surface area contributed by atoms with Crippen LogP contribution >= 0.6 is 0 Å². The number of fused-ring (bicyclic) bond motifs is 8. The van der Waals surface area contributed by atoms with E-state index in [4.69, 9.17) is 0 Å². The molecule has 1 spiro atoms. The molecule has 1 heteroatoms. The summed E-state index contributed by atoms with van der Waals surface area (Å²) in [6.45, 7) is 4.50. The Morgan fingerprint density at radius 2 is 1.27 bits per heavy atom. The fourth-order valence-electron chi connectivity index (χ4n) is 7.59. The van der Waals surface area contributed by atoms with E-state index in [0.29, 0.717) is 0 Å². The number of benzene rings is 5. The zero-order chi connectivity index (χ0) is 26.8. The van der Waals surface area contributed by atoms with Crippen molar-refractivity contribution in [3.63, 3.8) is 0 Å². The molecule has 1 unspecified atom stereocenters. The van der Waals surface area contributed by atoms with Crippen LogP contribution in [0.3, 0.4) is 0 Å². The highest BCUT2D eigenvalue weighted by Crippen LogP contribution is 2.64. The van der Waals surface area contributed by atoms with E-state index in [9.17, 15) is 0 Å². The van der Waals surface area contributed by atoms with E-state index in [1.54, 1.807) is 0 Å². The SMILES string of the molecule is Cc1ccccc1-c1cc2c(cc1C)N(c1ccccc1)c1ccccc1C21C2=C(C=CCC2)c2ccccc21. The van der Waals surface area contributed by atoms with E-state index in [0.717, 1.165) is 12.8 Å². The molecule has 1 heterocycles. The topological polar surface area (TPSA) is 3.24 Å². The van der Waals surface area contributed by atoms with Crippen LogP contribution in [0.4, 0.5) is 17.1 Å². The molecule has 0 radical (unpaired) electrons. The van der Waals surface area contributed by atoms with Crippen LogP contribution in [-0.4, -0.2) is 0 Å². The average Bonchev–Trinajstić information content (AvgIpc) is 3.29. The van der Waals surface area contributed by atoms with Crippen LogP contribution in [0, 0.1) is 13.8 Å². The number of aryl methyl sites for hydroxylation is 2. The van der Waals surface area contributed by atoms with Crippen molar-refractivity contribution in [1.29, 1.82) is 0 Å². The summed E-state index contributed by atoms with van der Waals surface area (Å²) < 4.78 is 0. The lowest BCUT2D eigenvalue weighted by atomic mass is 9.62. The minimum absolute atomic E-state index is 0.334. The lowest BCUT2D eigenvalue weighted by Gasteiger charge is -2.46. The predicted octanol–water partition coefficient (Wildman–Crippen LogP) is 10.2. The zero-order valence-electron chi connectivity index (χ0n) is 23.0. The second-order valence-corrected chi connectivity index (χ2v) is 11.3. The third kappa shape index (κ3) is 3.04. The van der Waals surface area contributed by atoms with E-state index in [-0.39, 0.29) is 5.41 Å². The van der Waals surface area contributed by atoms with Gasteiger partial charge in [0, 0.05) is 5.69 Å². The molecule has 0 N–H and O–H groups in total. The van der Waals surface area contributed by atoms with Gasteiger partial charge in [0.15, 0.2) is 0 Å². The smallest absolute Gasteiger partial charge is 0.0717 e. The molecule has 5 aromatic rings. The van der Waals surface area contributed by atoms with Gasteiger partial charge in [0.1, 0.15) is 0 Å². The fraction of sp³-hybridized carbons (Fsp3) is 0.128. The minimum atomic E-state index is -0.334. The first-order valence-electron chi connectivity index (χ1n) is 14.4. The van der Waals surface area contributed by atoms with Gasteiger partial charge < -0.3 is 4.90 Å². The van der Waals surface area contributed by atoms with Crippen molar-refractivity contribution in [1.82, 2.24) is 0 Å². The zero-order valence-corrected chi connectivity index (χ0v) is 23.0. The van der Waals surface area contributed by atoms with Gasteiger partial charge in [-0.1, -0.05) is 97.1 Å². The minimum Gasteiger partial charge on any atom is -0.310 e. The van der Waals surface area contributed by atoms with Crippen molar-refractivity contribution in [3.8, 4) is 11.1 Å². The summed E-state index contributed by atoms with van der Waals surface area (Å²) in [6, 6.07) is 42.9. The molecular formula is C39H31N. The highest BCUT2D eigenvalue weighted by Gasteiger charge is 2.52. The van der Waals surface area contributed by atoms with Crippen molar-refractivity contribution in [2.24, 2.45) is 0 Å². The Bertz CT molecular complexity index is 1870. The summed E-state index contributed by atoms with van der Waals surface area (Å²) in [7, 11) is 0. The van der Waals surface area contributed by atoms with Gasteiger partial charge in [-0.25, -0.2) is 0 Å². The second-order valence-electron chi connectivity index (χ2n) is 11.3. The fourth-order valence-corrected chi connectivity index (χ4v) is 7.59. The van der Waals surface area contributed by atoms with Crippen molar-refractivity contribution < 1.29 is 0 Å². The lowest BCUT2D eigenvalue weighted by molar-refractivity contribution is 0.687. The van der Waals surface area contributed by atoms with Gasteiger partial charge >= 0.3 is 0 Å². The molecule has 40 heavy (non-hydrogen) atoms. The molecule has 1 nitrogen and oxygen atoms in total. The summed E-state index contributed by atoms with van der Waals surface area (Å²) in [5, 5.41) is 0.